The first-order valence-corrected chi connectivity index (χ1v) is 8.35. The molecule has 20 heavy (non-hydrogen) atoms. The summed E-state index contributed by atoms with van der Waals surface area (Å²) in [6.45, 7) is 4.42. The second-order valence-electron chi connectivity index (χ2n) is 8.19. The summed E-state index contributed by atoms with van der Waals surface area (Å²) >= 11 is 0. The van der Waals surface area contributed by atoms with Crippen molar-refractivity contribution in [2.75, 3.05) is 0 Å². The number of aromatic nitrogens is 2. The molecule has 3 heteroatoms. The zero-order valence-corrected chi connectivity index (χ0v) is 12.7. The Balaban J connectivity index is 1.70. The van der Waals surface area contributed by atoms with Crippen LogP contribution >= 0.6 is 0 Å². The summed E-state index contributed by atoms with van der Waals surface area (Å²) in [6.07, 6.45) is 11.2. The molecule has 1 N–H and O–H groups in total. The Hall–Kier alpha value is -0.990. The molecule has 4 aliphatic carbocycles. The van der Waals surface area contributed by atoms with Gasteiger partial charge < -0.3 is 4.98 Å². The summed E-state index contributed by atoms with van der Waals surface area (Å²) in [7, 11) is 0. The maximum atomic E-state index is 12.4. The van der Waals surface area contributed by atoms with E-state index in [1.807, 2.05) is 0 Å². The van der Waals surface area contributed by atoms with Crippen molar-refractivity contribution in [2.45, 2.75) is 64.3 Å². The molecule has 0 radical (unpaired) electrons. The van der Waals surface area contributed by atoms with Crippen LogP contribution in [-0.2, 0) is 12.0 Å². The van der Waals surface area contributed by atoms with Gasteiger partial charge in [-0.05, 0) is 68.6 Å². The van der Waals surface area contributed by atoms with Crippen LogP contribution in [0, 0.1) is 23.7 Å². The highest BCUT2D eigenvalue weighted by Gasteiger charge is 2.52. The van der Waals surface area contributed by atoms with E-state index in [9.17, 15) is 4.79 Å². The van der Waals surface area contributed by atoms with E-state index in [1.54, 1.807) is 0 Å². The molecule has 0 amide bonds. The van der Waals surface area contributed by atoms with Crippen LogP contribution in [0.2, 0.25) is 0 Å². The van der Waals surface area contributed by atoms with Crippen molar-refractivity contribution in [1.82, 2.24) is 9.55 Å². The molecule has 4 fully saturated rings. The molecular weight excluding hydrogens is 248 g/mol. The summed E-state index contributed by atoms with van der Waals surface area (Å²) < 4.78 is 2.11. The topological polar surface area (TPSA) is 37.8 Å². The maximum absolute atomic E-state index is 12.4. The van der Waals surface area contributed by atoms with Crippen molar-refractivity contribution in [1.29, 1.82) is 0 Å². The van der Waals surface area contributed by atoms with E-state index in [2.05, 4.69) is 29.6 Å². The van der Waals surface area contributed by atoms with Crippen LogP contribution in [0.25, 0.3) is 0 Å². The van der Waals surface area contributed by atoms with E-state index in [0.717, 1.165) is 29.9 Å². The predicted octanol–water partition coefficient (Wildman–Crippen LogP) is 3.30. The van der Waals surface area contributed by atoms with Gasteiger partial charge in [0.2, 0.25) is 0 Å². The zero-order chi connectivity index (χ0) is 13.9. The zero-order valence-electron chi connectivity index (χ0n) is 12.7. The third-order valence-corrected chi connectivity index (χ3v) is 5.92. The average Bonchev–Trinajstić information content (AvgIpc) is 2.68. The van der Waals surface area contributed by atoms with Crippen molar-refractivity contribution < 1.29 is 0 Å². The van der Waals surface area contributed by atoms with E-state index < -0.39 is 0 Å². The van der Waals surface area contributed by atoms with Crippen molar-refractivity contribution >= 4 is 0 Å². The number of hydrogen-bond donors (Lipinski definition) is 1. The van der Waals surface area contributed by atoms with Crippen LogP contribution in [0.3, 0.4) is 0 Å². The van der Waals surface area contributed by atoms with Gasteiger partial charge in [-0.25, -0.2) is 4.79 Å². The number of rotatable bonds is 3. The van der Waals surface area contributed by atoms with Crippen molar-refractivity contribution in [2.24, 2.45) is 23.7 Å². The molecule has 0 spiro atoms. The molecule has 4 saturated carbocycles. The first-order valence-electron chi connectivity index (χ1n) is 8.35. The fourth-order valence-electron chi connectivity index (χ4n) is 5.70. The average molecular weight is 274 g/mol. The van der Waals surface area contributed by atoms with Gasteiger partial charge in [0.25, 0.3) is 0 Å². The molecule has 110 valence electrons. The van der Waals surface area contributed by atoms with Crippen LogP contribution in [0.15, 0.2) is 11.0 Å². The van der Waals surface area contributed by atoms with Gasteiger partial charge in [0.15, 0.2) is 0 Å². The minimum Gasteiger partial charge on any atom is -0.310 e. The highest BCUT2D eigenvalue weighted by molar-refractivity contribution is 5.09. The largest absolute Gasteiger partial charge is 0.326 e. The summed E-state index contributed by atoms with van der Waals surface area (Å²) in [5, 5.41) is 0. The molecular formula is C17H26N2O. The number of H-pyrrole nitrogens is 1. The lowest BCUT2D eigenvalue weighted by atomic mass is 9.53. The normalized spacial score (nSPS) is 38.9. The number of aromatic amines is 1. The number of hydrogen-bond acceptors (Lipinski definition) is 1. The lowest BCUT2D eigenvalue weighted by molar-refractivity contribution is -0.0447. The summed E-state index contributed by atoms with van der Waals surface area (Å²) in [4.78, 5) is 15.6. The molecule has 3 nitrogen and oxygen atoms in total. The quantitative estimate of drug-likeness (QED) is 0.902. The Labute approximate surface area is 120 Å². The van der Waals surface area contributed by atoms with Crippen LogP contribution in [0.4, 0.5) is 0 Å². The Morgan fingerprint density at radius 1 is 1.20 bits per heavy atom. The SMILES string of the molecule is CC(C)Cc1cn(C23CC4CC(CC(C4)C2)C3)c(=O)[nH]1. The molecule has 1 heterocycles. The minimum atomic E-state index is 0.141. The van der Waals surface area contributed by atoms with Crippen molar-refractivity contribution in [3.63, 3.8) is 0 Å². The monoisotopic (exact) mass is 274 g/mol. The summed E-state index contributed by atoms with van der Waals surface area (Å²) in [6, 6.07) is 0. The Kier molecular flexibility index (Phi) is 2.71. The lowest BCUT2D eigenvalue weighted by Gasteiger charge is -2.56. The summed E-state index contributed by atoms with van der Waals surface area (Å²) in [5.41, 5.74) is 1.43. The number of nitrogens with one attached hydrogen (secondary N) is 1. The van der Waals surface area contributed by atoms with Crippen molar-refractivity contribution in [3.05, 3.63) is 22.4 Å². The molecule has 0 unspecified atom stereocenters. The van der Waals surface area contributed by atoms with Gasteiger partial charge in [0, 0.05) is 17.4 Å². The highest BCUT2D eigenvalue weighted by atomic mass is 16.1. The standard InChI is InChI=1S/C17H26N2O/c1-11(2)3-15-10-19(16(20)18-15)17-7-12-4-13(8-17)6-14(5-12)9-17/h10-14H,3-9H2,1-2H3,(H,18,20). The van der Waals surface area contributed by atoms with Crippen LogP contribution in [-0.4, -0.2) is 9.55 Å². The Morgan fingerprint density at radius 3 is 2.25 bits per heavy atom. The maximum Gasteiger partial charge on any atom is 0.326 e. The van der Waals surface area contributed by atoms with E-state index >= 15 is 0 Å². The summed E-state index contributed by atoms with van der Waals surface area (Å²) in [5.74, 6) is 3.25. The molecule has 1 aromatic rings. The lowest BCUT2D eigenvalue weighted by Crippen LogP contribution is -2.54. The Morgan fingerprint density at radius 2 is 1.75 bits per heavy atom. The number of nitrogens with zero attached hydrogens (tertiary/aromatic N) is 1. The van der Waals surface area contributed by atoms with Crippen molar-refractivity contribution in [3.8, 4) is 0 Å². The molecule has 0 aromatic carbocycles. The fourth-order valence-corrected chi connectivity index (χ4v) is 5.70. The van der Waals surface area contributed by atoms with E-state index in [0.29, 0.717) is 5.92 Å². The second-order valence-corrected chi connectivity index (χ2v) is 8.19. The van der Waals surface area contributed by atoms with E-state index in [-0.39, 0.29) is 11.2 Å². The van der Waals surface area contributed by atoms with Gasteiger partial charge in [-0.3, -0.25) is 4.57 Å². The molecule has 0 aliphatic heterocycles. The minimum absolute atomic E-state index is 0.141. The van der Waals surface area contributed by atoms with Crippen LogP contribution in [0.1, 0.15) is 58.1 Å². The van der Waals surface area contributed by atoms with Gasteiger partial charge in [0.1, 0.15) is 0 Å². The van der Waals surface area contributed by atoms with E-state index in [1.165, 1.54) is 38.5 Å². The second kappa shape index (κ2) is 4.25. The predicted molar refractivity (Wildman–Crippen MR) is 79.7 cm³/mol. The molecule has 0 saturated heterocycles. The van der Waals surface area contributed by atoms with Crippen LogP contribution < -0.4 is 5.69 Å². The molecule has 4 bridgehead atoms. The third-order valence-electron chi connectivity index (χ3n) is 5.92. The molecule has 4 aliphatic rings. The van der Waals surface area contributed by atoms with Crippen LogP contribution in [0.5, 0.6) is 0 Å². The fraction of sp³-hybridized carbons (Fsp3) is 0.824. The third kappa shape index (κ3) is 1.89. The van der Waals surface area contributed by atoms with Gasteiger partial charge in [0.05, 0.1) is 0 Å². The van der Waals surface area contributed by atoms with Gasteiger partial charge in [-0.1, -0.05) is 13.8 Å². The smallest absolute Gasteiger partial charge is 0.310 e. The van der Waals surface area contributed by atoms with Gasteiger partial charge >= 0.3 is 5.69 Å². The molecule has 5 rings (SSSR count). The highest BCUT2D eigenvalue weighted by Crippen LogP contribution is 2.58. The van der Waals surface area contributed by atoms with E-state index in [4.69, 9.17) is 0 Å². The first-order chi connectivity index (χ1) is 9.54. The molecule has 1 aromatic heterocycles. The Bertz CT molecular complexity index is 531. The molecule has 0 atom stereocenters. The number of imidazole rings is 1. The van der Waals surface area contributed by atoms with Gasteiger partial charge in [-0.15, -0.1) is 0 Å². The van der Waals surface area contributed by atoms with Gasteiger partial charge in [-0.2, -0.15) is 0 Å². The first kappa shape index (κ1) is 12.7.